The number of nitrogen functional groups attached to an aromatic ring is 1. The fourth-order valence-electron chi connectivity index (χ4n) is 8.91. The predicted octanol–water partition coefficient (Wildman–Crippen LogP) is 4.73. The summed E-state index contributed by atoms with van der Waals surface area (Å²) in [6.07, 6.45) is 1.72. The van der Waals surface area contributed by atoms with Gasteiger partial charge in [0.05, 0.1) is 49.8 Å². The molecule has 4 amide bonds. The number of hydrogen-bond donors (Lipinski definition) is 3. The van der Waals surface area contributed by atoms with Crippen molar-refractivity contribution in [2.45, 2.75) is 129 Å². The van der Waals surface area contributed by atoms with Gasteiger partial charge in [-0.1, -0.05) is 97.4 Å². The number of rotatable bonds is 24. The Morgan fingerprint density at radius 3 is 2.03 bits per heavy atom. The molecule has 346 valence electrons. The molecule has 0 unspecified atom stereocenters. The zero-order chi connectivity index (χ0) is 46.3. The highest BCUT2D eigenvalue weighted by molar-refractivity contribution is 5.90. The molecule has 62 heavy (non-hydrogen) atoms. The number of nitrogens with two attached hydrogens (primary N) is 1. The van der Waals surface area contributed by atoms with Gasteiger partial charge in [0.1, 0.15) is 12.1 Å². The molecule has 14 heteroatoms. The Balaban J connectivity index is 1.77. The van der Waals surface area contributed by atoms with Crippen LogP contribution in [0.15, 0.2) is 54.6 Å². The molecule has 1 aliphatic heterocycles. The number of benzene rings is 2. The van der Waals surface area contributed by atoms with Crippen LogP contribution in [0.1, 0.15) is 85.3 Å². The minimum atomic E-state index is -0.900. The summed E-state index contributed by atoms with van der Waals surface area (Å²) in [5.74, 6) is -2.59. The second kappa shape index (κ2) is 24.9. The highest BCUT2D eigenvalue weighted by Gasteiger charge is 2.43. The van der Waals surface area contributed by atoms with E-state index in [1.165, 1.54) is 14.2 Å². The van der Waals surface area contributed by atoms with E-state index in [-0.39, 0.29) is 54.2 Å². The molecule has 0 aliphatic carbocycles. The quantitative estimate of drug-likeness (QED) is 0.0990. The lowest BCUT2D eigenvalue weighted by atomic mass is 9.89. The molecule has 1 saturated heterocycles. The van der Waals surface area contributed by atoms with E-state index in [4.69, 9.17) is 19.9 Å². The van der Waals surface area contributed by atoms with Crippen LogP contribution >= 0.6 is 0 Å². The standard InChI is InChI=1S/C48H76N6O8/c1-13-32(6)43(53(9)47(58)41(30(2)3)51-46(57)42(31(4)5)52(8)27-25-34-21-23-36(49)24-22-34)39(60-10)29-40(55)54-26-17-20-38(54)44(61-11)33(7)45(56)50-37(48(59)62-12)28-35-18-15-14-16-19-35/h14-16,18-19,21-24,30-33,37-39,41-44H,13,17,20,25-29,49H2,1-12H3,(H,50,56)(H,51,57)/t32-,33+,37-,38-,39+,41-,42-,43-,44+/m0/s1. The van der Waals surface area contributed by atoms with Gasteiger partial charge in [-0.25, -0.2) is 4.79 Å². The van der Waals surface area contributed by atoms with E-state index in [9.17, 15) is 24.0 Å². The number of amides is 4. The molecule has 0 radical (unpaired) electrons. The van der Waals surface area contributed by atoms with Gasteiger partial charge in [0.25, 0.3) is 0 Å². The molecule has 1 aliphatic rings. The fraction of sp³-hybridized carbons (Fsp3) is 0.646. The van der Waals surface area contributed by atoms with Crippen molar-refractivity contribution in [3.8, 4) is 0 Å². The highest BCUT2D eigenvalue weighted by Crippen LogP contribution is 2.30. The van der Waals surface area contributed by atoms with Gasteiger partial charge in [0.2, 0.25) is 23.6 Å². The minimum absolute atomic E-state index is 0.00887. The molecular formula is C48H76N6O8. The SMILES string of the molecule is CC[C@H](C)[C@@H]([C@@H](CC(=O)N1CCC[C@H]1[C@H](OC)[C@@H](C)C(=O)N[C@@H](Cc1ccccc1)C(=O)OC)OC)N(C)C(=O)[C@@H](NC(=O)[C@H](C(C)C)N(C)CCc1ccc(N)cc1)C(C)C. The van der Waals surface area contributed by atoms with Crippen LogP contribution < -0.4 is 16.4 Å². The van der Waals surface area contributed by atoms with Gasteiger partial charge in [-0.15, -0.1) is 0 Å². The van der Waals surface area contributed by atoms with E-state index in [1.54, 1.807) is 30.9 Å². The summed E-state index contributed by atoms with van der Waals surface area (Å²) in [4.78, 5) is 74.9. The summed E-state index contributed by atoms with van der Waals surface area (Å²) in [5, 5.41) is 5.99. The smallest absolute Gasteiger partial charge is 0.328 e. The van der Waals surface area contributed by atoms with Gasteiger partial charge < -0.3 is 40.4 Å². The molecule has 2 aromatic rings. The number of anilines is 1. The number of carbonyl (C=O) groups excluding carboxylic acids is 5. The van der Waals surface area contributed by atoms with Crippen LogP contribution in [0.4, 0.5) is 5.69 Å². The Hall–Kier alpha value is -4.53. The number of likely N-dealkylation sites (N-methyl/N-ethyl adjacent to an activating group) is 2. The third kappa shape index (κ3) is 14.0. The third-order valence-electron chi connectivity index (χ3n) is 12.7. The number of ether oxygens (including phenoxy) is 3. The van der Waals surface area contributed by atoms with Crippen LogP contribution in [0.5, 0.6) is 0 Å². The van der Waals surface area contributed by atoms with Crippen molar-refractivity contribution in [1.29, 1.82) is 0 Å². The number of esters is 1. The summed E-state index contributed by atoms with van der Waals surface area (Å²) in [5.41, 5.74) is 8.56. The molecule has 1 fully saturated rings. The minimum Gasteiger partial charge on any atom is -0.467 e. The second-order valence-corrected chi connectivity index (χ2v) is 17.8. The maximum Gasteiger partial charge on any atom is 0.328 e. The molecule has 14 nitrogen and oxygen atoms in total. The van der Waals surface area contributed by atoms with Crippen molar-refractivity contribution >= 4 is 35.3 Å². The summed E-state index contributed by atoms with van der Waals surface area (Å²) in [7, 11) is 8.04. The molecule has 0 aromatic heterocycles. The van der Waals surface area contributed by atoms with Crippen LogP contribution in [0.3, 0.4) is 0 Å². The number of carbonyl (C=O) groups is 5. The zero-order valence-corrected chi connectivity index (χ0v) is 39.4. The van der Waals surface area contributed by atoms with Crippen molar-refractivity contribution < 1.29 is 38.2 Å². The number of methoxy groups -OCH3 is 3. The predicted molar refractivity (Wildman–Crippen MR) is 243 cm³/mol. The fourth-order valence-corrected chi connectivity index (χ4v) is 8.91. The summed E-state index contributed by atoms with van der Waals surface area (Å²) in [6.45, 7) is 14.8. The summed E-state index contributed by atoms with van der Waals surface area (Å²) < 4.78 is 17.1. The summed E-state index contributed by atoms with van der Waals surface area (Å²) in [6, 6.07) is 14.0. The number of hydrogen-bond acceptors (Lipinski definition) is 10. The second-order valence-electron chi connectivity index (χ2n) is 17.8. The van der Waals surface area contributed by atoms with Crippen molar-refractivity contribution in [2.24, 2.45) is 23.7 Å². The van der Waals surface area contributed by atoms with Crippen LogP contribution in [-0.4, -0.2) is 135 Å². The first-order valence-electron chi connectivity index (χ1n) is 22.3. The van der Waals surface area contributed by atoms with E-state index in [0.717, 1.165) is 24.0 Å². The Morgan fingerprint density at radius 2 is 1.48 bits per heavy atom. The van der Waals surface area contributed by atoms with E-state index >= 15 is 0 Å². The van der Waals surface area contributed by atoms with Gasteiger partial charge in [-0.2, -0.15) is 0 Å². The lowest BCUT2D eigenvalue weighted by Crippen LogP contribution is -2.60. The number of likely N-dealkylation sites (tertiary alicyclic amines) is 1. The van der Waals surface area contributed by atoms with E-state index in [1.807, 2.05) is 108 Å². The van der Waals surface area contributed by atoms with Crippen LogP contribution in [0.2, 0.25) is 0 Å². The van der Waals surface area contributed by atoms with E-state index in [0.29, 0.717) is 31.6 Å². The Bertz CT molecular complexity index is 1730. The molecule has 3 rings (SSSR count). The topological polar surface area (TPSA) is 173 Å². The molecule has 2 aromatic carbocycles. The Kier molecular flexibility index (Phi) is 20.8. The lowest BCUT2D eigenvalue weighted by Gasteiger charge is -2.41. The molecule has 0 spiro atoms. The molecular weight excluding hydrogens is 789 g/mol. The van der Waals surface area contributed by atoms with Gasteiger partial charge in [-0.3, -0.25) is 24.1 Å². The third-order valence-corrected chi connectivity index (χ3v) is 12.7. The Morgan fingerprint density at radius 1 is 0.839 bits per heavy atom. The van der Waals surface area contributed by atoms with Gasteiger partial charge in [0, 0.05) is 46.5 Å². The number of nitrogens with zero attached hydrogens (tertiary/aromatic N) is 3. The van der Waals surface area contributed by atoms with Gasteiger partial charge >= 0.3 is 5.97 Å². The highest BCUT2D eigenvalue weighted by atomic mass is 16.5. The average molecular weight is 865 g/mol. The maximum atomic E-state index is 14.6. The number of nitrogens with one attached hydrogen (secondary N) is 2. The van der Waals surface area contributed by atoms with Crippen molar-refractivity contribution in [1.82, 2.24) is 25.3 Å². The first-order chi connectivity index (χ1) is 29.4. The Labute approximate surface area is 370 Å². The first-order valence-corrected chi connectivity index (χ1v) is 22.3. The monoisotopic (exact) mass is 865 g/mol. The molecule has 0 bridgehead atoms. The summed E-state index contributed by atoms with van der Waals surface area (Å²) >= 11 is 0. The maximum absolute atomic E-state index is 14.6. The van der Waals surface area contributed by atoms with Crippen LogP contribution in [-0.2, 0) is 51.0 Å². The van der Waals surface area contributed by atoms with E-state index < -0.39 is 54.3 Å². The zero-order valence-electron chi connectivity index (χ0n) is 39.4. The largest absolute Gasteiger partial charge is 0.467 e. The lowest BCUT2D eigenvalue weighted by molar-refractivity contribution is -0.149. The molecule has 4 N–H and O–H groups in total. The molecule has 0 saturated carbocycles. The first kappa shape index (κ1) is 51.8. The average Bonchev–Trinajstić information content (AvgIpc) is 3.74. The van der Waals surface area contributed by atoms with Gasteiger partial charge in [-0.05, 0) is 67.3 Å². The van der Waals surface area contributed by atoms with Crippen molar-refractivity contribution in [2.75, 3.05) is 54.2 Å². The van der Waals surface area contributed by atoms with Crippen LogP contribution in [0, 0.1) is 23.7 Å². The normalized spacial score (nSPS) is 18.0. The van der Waals surface area contributed by atoms with Crippen molar-refractivity contribution in [3.63, 3.8) is 0 Å². The molecule has 9 atom stereocenters. The van der Waals surface area contributed by atoms with Gasteiger partial charge in [0.15, 0.2) is 0 Å². The van der Waals surface area contributed by atoms with E-state index in [2.05, 4.69) is 10.6 Å². The van der Waals surface area contributed by atoms with Crippen LogP contribution in [0.25, 0.3) is 0 Å². The van der Waals surface area contributed by atoms with Crippen molar-refractivity contribution in [3.05, 3.63) is 65.7 Å². The molecule has 1 heterocycles.